The highest BCUT2D eigenvalue weighted by atomic mass is 32.2. The molecule has 1 atom stereocenters. The Labute approximate surface area is 115 Å². The van der Waals surface area contributed by atoms with Crippen molar-refractivity contribution in [2.45, 2.75) is 26.3 Å². The Balaban J connectivity index is 2.97. The molecule has 0 saturated heterocycles. The third-order valence-electron chi connectivity index (χ3n) is 3.10. The van der Waals surface area contributed by atoms with Crippen molar-refractivity contribution in [1.29, 1.82) is 0 Å². The monoisotopic (exact) mass is 268 g/mol. The Morgan fingerprint density at radius 2 is 2.11 bits per heavy atom. The van der Waals surface area contributed by atoms with E-state index in [0.717, 1.165) is 29.3 Å². The van der Waals surface area contributed by atoms with Crippen molar-refractivity contribution in [3.8, 4) is 5.75 Å². The second-order valence-electron chi connectivity index (χ2n) is 4.25. The molecule has 0 fully saturated rings. The first-order chi connectivity index (χ1) is 8.65. The number of nitrogens with two attached hydrogens (primary N) is 1. The van der Waals surface area contributed by atoms with Gasteiger partial charge in [0.05, 0.1) is 18.0 Å². The van der Waals surface area contributed by atoms with Crippen molar-refractivity contribution in [1.82, 2.24) is 0 Å². The second-order valence-corrected chi connectivity index (χ2v) is 5.16. The summed E-state index contributed by atoms with van der Waals surface area (Å²) in [5.74, 6) is 1.88. The summed E-state index contributed by atoms with van der Waals surface area (Å²) in [6, 6.07) is 6.48. The Bertz CT molecular complexity index is 371. The van der Waals surface area contributed by atoms with E-state index in [1.54, 1.807) is 0 Å². The molecule has 0 amide bonds. The van der Waals surface area contributed by atoms with E-state index >= 15 is 0 Å². The van der Waals surface area contributed by atoms with Gasteiger partial charge in [0.15, 0.2) is 0 Å². The lowest BCUT2D eigenvalue weighted by atomic mass is 10.1. The molecule has 0 heterocycles. The van der Waals surface area contributed by atoms with Crippen LogP contribution in [0.1, 0.15) is 20.3 Å². The van der Waals surface area contributed by atoms with Crippen LogP contribution in [-0.2, 0) is 0 Å². The number of para-hydroxylation sites is 1. The van der Waals surface area contributed by atoms with E-state index in [1.165, 1.54) is 0 Å². The van der Waals surface area contributed by atoms with Gasteiger partial charge in [-0.15, -0.1) is 0 Å². The zero-order chi connectivity index (χ0) is 13.5. The van der Waals surface area contributed by atoms with Gasteiger partial charge in [0, 0.05) is 18.8 Å². The lowest BCUT2D eigenvalue weighted by molar-refractivity contribution is 0.342. The minimum Gasteiger partial charge on any atom is -0.492 e. The SMILES string of the molecule is CCOc1cccc(N(C)C(CC)CSC)c1N. The van der Waals surface area contributed by atoms with Crippen LogP contribution in [0.15, 0.2) is 18.2 Å². The maximum atomic E-state index is 6.19. The number of hydrogen-bond donors (Lipinski definition) is 1. The molecular weight excluding hydrogens is 244 g/mol. The third kappa shape index (κ3) is 3.48. The van der Waals surface area contributed by atoms with Crippen molar-refractivity contribution in [2.24, 2.45) is 0 Å². The smallest absolute Gasteiger partial charge is 0.144 e. The molecule has 1 aromatic rings. The topological polar surface area (TPSA) is 38.5 Å². The molecule has 1 rings (SSSR count). The molecule has 0 spiro atoms. The first kappa shape index (κ1) is 15.0. The van der Waals surface area contributed by atoms with E-state index in [0.29, 0.717) is 12.6 Å². The quantitative estimate of drug-likeness (QED) is 0.770. The molecule has 0 aliphatic carbocycles. The molecular formula is C14H24N2OS. The van der Waals surface area contributed by atoms with Gasteiger partial charge in [-0.3, -0.25) is 0 Å². The van der Waals surface area contributed by atoms with Gasteiger partial charge < -0.3 is 15.4 Å². The normalized spacial score (nSPS) is 12.2. The standard InChI is InChI=1S/C14H24N2OS/c1-5-11(10-18-4)16(3)12-8-7-9-13(14(12)15)17-6-2/h7-9,11H,5-6,10,15H2,1-4H3. The number of rotatable bonds is 7. The number of nitrogens with zero attached hydrogens (tertiary/aromatic N) is 1. The van der Waals surface area contributed by atoms with E-state index in [2.05, 4.69) is 31.2 Å². The minimum absolute atomic E-state index is 0.499. The summed E-state index contributed by atoms with van der Waals surface area (Å²) in [6.45, 7) is 4.82. The molecule has 1 unspecified atom stereocenters. The summed E-state index contributed by atoms with van der Waals surface area (Å²) in [4.78, 5) is 2.26. The summed E-state index contributed by atoms with van der Waals surface area (Å²) in [6.07, 6.45) is 3.24. The van der Waals surface area contributed by atoms with Crippen LogP contribution in [-0.4, -0.2) is 31.7 Å². The van der Waals surface area contributed by atoms with Gasteiger partial charge >= 0.3 is 0 Å². The van der Waals surface area contributed by atoms with Gasteiger partial charge in [-0.1, -0.05) is 13.0 Å². The zero-order valence-electron chi connectivity index (χ0n) is 11.8. The number of nitrogen functional groups attached to an aromatic ring is 1. The number of benzene rings is 1. The van der Waals surface area contributed by atoms with Gasteiger partial charge in [0.1, 0.15) is 5.75 Å². The lowest BCUT2D eigenvalue weighted by Crippen LogP contribution is -2.33. The van der Waals surface area contributed by atoms with Crippen LogP contribution in [0.3, 0.4) is 0 Å². The van der Waals surface area contributed by atoms with E-state index in [-0.39, 0.29) is 0 Å². The summed E-state index contributed by atoms with van der Waals surface area (Å²) in [5, 5.41) is 0. The third-order valence-corrected chi connectivity index (χ3v) is 3.82. The molecule has 0 bridgehead atoms. The van der Waals surface area contributed by atoms with Crippen molar-refractivity contribution in [3.05, 3.63) is 18.2 Å². The van der Waals surface area contributed by atoms with Crippen molar-refractivity contribution >= 4 is 23.1 Å². The molecule has 3 nitrogen and oxygen atoms in total. The van der Waals surface area contributed by atoms with E-state index in [1.807, 2.05) is 30.8 Å². The summed E-state index contributed by atoms with van der Waals surface area (Å²) < 4.78 is 5.54. The fourth-order valence-corrected chi connectivity index (χ4v) is 2.86. The van der Waals surface area contributed by atoms with E-state index < -0.39 is 0 Å². The lowest BCUT2D eigenvalue weighted by Gasteiger charge is -2.30. The van der Waals surface area contributed by atoms with Crippen molar-refractivity contribution in [3.63, 3.8) is 0 Å². The van der Waals surface area contributed by atoms with Crippen molar-refractivity contribution in [2.75, 3.05) is 36.3 Å². The molecule has 1 aromatic carbocycles. The highest BCUT2D eigenvalue weighted by molar-refractivity contribution is 7.98. The van der Waals surface area contributed by atoms with E-state index in [4.69, 9.17) is 10.5 Å². The second kappa shape index (κ2) is 7.41. The average molecular weight is 268 g/mol. The summed E-state index contributed by atoms with van der Waals surface area (Å²) in [7, 11) is 2.10. The van der Waals surface area contributed by atoms with Crippen LogP contribution < -0.4 is 15.4 Å². The van der Waals surface area contributed by atoms with Gasteiger partial charge in [-0.05, 0) is 31.7 Å². The van der Waals surface area contributed by atoms with Gasteiger partial charge in [0.2, 0.25) is 0 Å². The molecule has 0 radical (unpaired) electrons. The Morgan fingerprint density at radius 1 is 1.39 bits per heavy atom. The van der Waals surface area contributed by atoms with Crippen LogP contribution in [0.25, 0.3) is 0 Å². The number of thioether (sulfide) groups is 1. The Hall–Kier alpha value is -1.03. The fraction of sp³-hybridized carbons (Fsp3) is 0.571. The maximum Gasteiger partial charge on any atom is 0.144 e. The highest BCUT2D eigenvalue weighted by Gasteiger charge is 2.16. The molecule has 102 valence electrons. The molecule has 0 aliphatic rings. The van der Waals surface area contributed by atoms with Gasteiger partial charge in [0.25, 0.3) is 0 Å². The first-order valence-electron chi connectivity index (χ1n) is 6.38. The zero-order valence-corrected chi connectivity index (χ0v) is 12.6. The first-order valence-corrected chi connectivity index (χ1v) is 7.78. The average Bonchev–Trinajstić information content (AvgIpc) is 2.38. The predicted octanol–water partition coefficient (Wildman–Crippen LogP) is 3.25. The largest absolute Gasteiger partial charge is 0.492 e. The van der Waals surface area contributed by atoms with Crippen LogP contribution in [0.4, 0.5) is 11.4 Å². The number of anilines is 2. The van der Waals surface area contributed by atoms with Crippen LogP contribution in [0, 0.1) is 0 Å². The van der Waals surface area contributed by atoms with Gasteiger partial charge in [-0.25, -0.2) is 0 Å². The summed E-state index contributed by atoms with van der Waals surface area (Å²) in [5.41, 5.74) is 7.98. The molecule has 2 N–H and O–H groups in total. The fourth-order valence-electron chi connectivity index (χ4n) is 2.01. The molecule has 0 saturated carbocycles. The maximum absolute atomic E-state index is 6.19. The van der Waals surface area contributed by atoms with Gasteiger partial charge in [-0.2, -0.15) is 11.8 Å². The minimum atomic E-state index is 0.499. The van der Waals surface area contributed by atoms with Crippen molar-refractivity contribution < 1.29 is 4.74 Å². The Kier molecular flexibility index (Phi) is 6.19. The number of hydrogen-bond acceptors (Lipinski definition) is 4. The van der Waals surface area contributed by atoms with E-state index in [9.17, 15) is 0 Å². The number of ether oxygens (including phenoxy) is 1. The molecule has 4 heteroatoms. The molecule has 0 aromatic heterocycles. The molecule has 0 aliphatic heterocycles. The van der Waals surface area contributed by atoms with Crippen LogP contribution >= 0.6 is 11.8 Å². The van der Waals surface area contributed by atoms with Crippen LogP contribution in [0.5, 0.6) is 5.75 Å². The Morgan fingerprint density at radius 3 is 2.67 bits per heavy atom. The summed E-state index contributed by atoms with van der Waals surface area (Å²) >= 11 is 1.86. The predicted molar refractivity (Wildman–Crippen MR) is 82.9 cm³/mol. The molecule has 18 heavy (non-hydrogen) atoms. The highest BCUT2D eigenvalue weighted by Crippen LogP contribution is 2.33. The van der Waals surface area contributed by atoms with Crippen LogP contribution in [0.2, 0.25) is 0 Å².